The number of amides is 1. The topological polar surface area (TPSA) is 127 Å². The van der Waals surface area contributed by atoms with Gasteiger partial charge in [0, 0.05) is 30.9 Å². The lowest BCUT2D eigenvalue weighted by Crippen LogP contribution is -2.40. The lowest BCUT2D eigenvalue weighted by molar-refractivity contribution is -0.131. The van der Waals surface area contributed by atoms with Crippen molar-refractivity contribution in [2.45, 2.75) is 89.3 Å². The van der Waals surface area contributed by atoms with E-state index >= 15 is 0 Å². The molecule has 0 radical (unpaired) electrons. The van der Waals surface area contributed by atoms with E-state index < -0.39 is 15.6 Å². The number of unbranched alkanes of at least 4 members (excludes halogenated alkanes) is 1. The van der Waals surface area contributed by atoms with Crippen LogP contribution in [-0.2, 0) is 32.7 Å². The highest BCUT2D eigenvalue weighted by Gasteiger charge is 2.49. The summed E-state index contributed by atoms with van der Waals surface area (Å²) in [4.78, 5) is 24.9. The summed E-state index contributed by atoms with van der Waals surface area (Å²) in [6, 6.07) is 8.82. The number of benzene rings is 1. The lowest BCUT2D eigenvalue weighted by Gasteiger charge is -2.23. The molecule has 2 aliphatic rings. The predicted molar refractivity (Wildman–Crippen MR) is 156 cm³/mol. The second kappa shape index (κ2) is 11.7. The van der Waals surface area contributed by atoms with Crippen molar-refractivity contribution < 1.29 is 22.5 Å². The van der Waals surface area contributed by atoms with Crippen LogP contribution >= 0.6 is 0 Å². The van der Waals surface area contributed by atoms with Crippen LogP contribution in [-0.4, -0.2) is 47.8 Å². The van der Waals surface area contributed by atoms with Crippen molar-refractivity contribution in [1.29, 1.82) is 0 Å². The van der Waals surface area contributed by atoms with Gasteiger partial charge in [-0.25, -0.2) is 13.1 Å². The standard InChI is InChI=1S/C30H37N5O5S/c1-5-6-11-26-32-30(14-7-8-15-30)29(36)35(26)18-22-12-13-24(23(17-22)19-39-4)27-25(10-9-16-31-27)41(37,38)34-28-20(2)21(3)33-40-28/h9-10,12-13,16-17,34H,5-8,11,14-15,18-19H2,1-4H3. The molecule has 1 amide bonds. The molecule has 3 aromatic rings. The molecule has 1 aliphatic heterocycles. The number of methoxy groups -OCH3 is 1. The summed E-state index contributed by atoms with van der Waals surface area (Å²) in [6.45, 7) is 6.26. The Hall–Kier alpha value is -3.57. The Kier molecular flexibility index (Phi) is 8.28. The fraction of sp³-hybridized carbons (Fsp3) is 0.467. The number of aryl methyl sites for hydroxylation is 1. The SMILES string of the molecule is CCCCC1=NC2(CCCC2)C(=O)N1Cc1ccc(-c2ncccc2S(=O)(=O)Nc2onc(C)c2C)c(COC)c1. The van der Waals surface area contributed by atoms with E-state index in [1.54, 1.807) is 33.2 Å². The Labute approximate surface area is 241 Å². The lowest BCUT2D eigenvalue weighted by atomic mass is 9.97. The van der Waals surface area contributed by atoms with Crippen LogP contribution in [0.2, 0.25) is 0 Å². The van der Waals surface area contributed by atoms with Gasteiger partial charge < -0.3 is 9.26 Å². The van der Waals surface area contributed by atoms with Gasteiger partial charge in [-0.05, 0) is 56.4 Å². The fourth-order valence-electron chi connectivity index (χ4n) is 5.63. The van der Waals surface area contributed by atoms with Crippen molar-refractivity contribution in [3.8, 4) is 11.3 Å². The van der Waals surface area contributed by atoms with E-state index in [-0.39, 0.29) is 23.3 Å². The highest BCUT2D eigenvalue weighted by molar-refractivity contribution is 7.92. The van der Waals surface area contributed by atoms with Crippen LogP contribution in [0.25, 0.3) is 11.3 Å². The predicted octanol–water partition coefficient (Wildman–Crippen LogP) is 5.54. The first-order chi connectivity index (χ1) is 19.7. The van der Waals surface area contributed by atoms with E-state index in [9.17, 15) is 13.2 Å². The number of aliphatic imine (C=N–C) groups is 1. The van der Waals surface area contributed by atoms with Gasteiger partial charge in [0.05, 0.1) is 24.5 Å². The number of pyridine rings is 1. The molecule has 10 nitrogen and oxygen atoms in total. The summed E-state index contributed by atoms with van der Waals surface area (Å²) in [6.07, 6.45) is 8.01. The minimum Gasteiger partial charge on any atom is -0.380 e. The number of nitrogens with one attached hydrogen (secondary N) is 1. The molecule has 0 bridgehead atoms. The number of carbonyl (C=O) groups is 1. The van der Waals surface area contributed by atoms with Gasteiger partial charge in [0.2, 0.25) is 5.88 Å². The number of anilines is 1. The van der Waals surface area contributed by atoms with E-state index in [4.69, 9.17) is 14.3 Å². The van der Waals surface area contributed by atoms with Crippen LogP contribution in [0.3, 0.4) is 0 Å². The van der Waals surface area contributed by atoms with Crippen molar-refractivity contribution >= 4 is 27.7 Å². The third-order valence-corrected chi connectivity index (χ3v) is 9.35. The maximum absolute atomic E-state index is 13.6. The molecule has 0 unspecified atom stereocenters. The molecule has 1 spiro atoms. The number of sulfonamides is 1. The van der Waals surface area contributed by atoms with Crippen molar-refractivity contribution in [2.24, 2.45) is 4.99 Å². The first-order valence-corrected chi connectivity index (χ1v) is 15.6. The van der Waals surface area contributed by atoms with Gasteiger partial charge in [-0.1, -0.05) is 49.5 Å². The third-order valence-electron chi connectivity index (χ3n) is 7.99. The summed E-state index contributed by atoms with van der Waals surface area (Å²) < 4.78 is 40.2. The van der Waals surface area contributed by atoms with Crippen molar-refractivity contribution in [3.63, 3.8) is 0 Å². The number of carbonyl (C=O) groups excluding carboxylic acids is 1. The molecule has 41 heavy (non-hydrogen) atoms. The summed E-state index contributed by atoms with van der Waals surface area (Å²) in [5.41, 5.74) is 3.22. The maximum atomic E-state index is 13.6. The molecule has 1 fully saturated rings. The Bertz CT molecular complexity index is 1570. The summed E-state index contributed by atoms with van der Waals surface area (Å²) in [7, 11) is -2.46. The molecule has 1 saturated carbocycles. The van der Waals surface area contributed by atoms with Crippen LogP contribution in [0.1, 0.15) is 74.3 Å². The first kappa shape index (κ1) is 28.9. The Morgan fingerprint density at radius 2 is 1.95 bits per heavy atom. The molecular weight excluding hydrogens is 542 g/mol. The van der Waals surface area contributed by atoms with Crippen LogP contribution in [0.4, 0.5) is 5.88 Å². The van der Waals surface area contributed by atoms with Crippen molar-refractivity contribution in [1.82, 2.24) is 15.0 Å². The molecular formula is C30H37N5O5S. The molecule has 1 aliphatic carbocycles. The molecule has 0 saturated heterocycles. The summed E-state index contributed by atoms with van der Waals surface area (Å²) in [5, 5.41) is 3.84. The van der Waals surface area contributed by atoms with Gasteiger partial charge in [-0.15, -0.1) is 0 Å². The van der Waals surface area contributed by atoms with Gasteiger partial charge in [-0.3, -0.25) is 19.7 Å². The van der Waals surface area contributed by atoms with Crippen LogP contribution in [0.15, 0.2) is 50.9 Å². The van der Waals surface area contributed by atoms with E-state index in [2.05, 4.69) is 21.8 Å². The molecule has 11 heteroatoms. The molecule has 1 N–H and O–H groups in total. The van der Waals surface area contributed by atoms with E-state index in [1.807, 2.05) is 23.1 Å². The monoisotopic (exact) mass is 579 g/mol. The molecule has 2 aromatic heterocycles. The van der Waals surface area contributed by atoms with Crippen LogP contribution in [0, 0.1) is 13.8 Å². The maximum Gasteiger partial charge on any atom is 0.266 e. The number of hydrogen-bond acceptors (Lipinski definition) is 8. The number of amidine groups is 1. The highest BCUT2D eigenvalue weighted by Crippen LogP contribution is 2.40. The first-order valence-electron chi connectivity index (χ1n) is 14.1. The quantitative estimate of drug-likeness (QED) is 0.316. The normalized spacial score (nSPS) is 16.5. The smallest absolute Gasteiger partial charge is 0.266 e. The summed E-state index contributed by atoms with van der Waals surface area (Å²) in [5.74, 6) is 1.04. The molecule has 0 atom stereocenters. The molecule has 1 aromatic carbocycles. The van der Waals surface area contributed by atoms with Gasteiger partial charge in [0.25, 0.3) is 15.9 Å². The summed E-state index contributed by atoms with van der Waals surface area (Å²) >= 11 is 0. The second-order valence-electron chi connectivity index (χ2n) is 10.9. The minimum atomic E-state index is -4.05. The van der Waals surface area contributed by atoms with Crippen molar-refractivity contribution in [2.75, 3.05) is 11.8 Å². The third kappa shape index (κ3) is 5.65. The average molecular weight is 580 g/mol. The number of aromatic nitrogens is 2. The Morgan fingerprint density at radius 1 is 1.17 bits per heavy atom. The van der Waals surface area contributed by atoms with E-state index in [1.165, 1.54) is 6.07 Å². The number of ether oxygens (including phenoxy) is 1. The zero-order valence-corrected chi connectivity index (χ0v) is 24.9. The fourth-order valence-corrected chi connectivity index (χ4v) is 6.85. The van der Waals surface area contributed by atoms with E-state index in [0.29, 0.717) is 29.1 Å². The Morgan fingerprint density at radius 3 is 2.63 bits per heavy atom. The van der Waals surface area contributed by atoms with Crippen molar-refractivity contribution in [3.05, 3.63) is 58.9 Å². The van der Waals surface area contributed by atoms with E-state index in [0.717, 1.165) is 61.9 Å². The zero-order valence-electron chi connectivity index (χ0n) is 24.1. The van der Waals surface area contributed by atoms with Gasteiger partial charge in [-0.2, -0.15) is 0 Å². The molecule has 3 heterocycles. The Balaban J connectivity index is 1.47. The molecule has 218 valence electrons. The zero-order chi connectivity index (χ0) is 29.2. The average Bonchev–Trinajstić information content (AvgIpc) is 3.63. The number of nitrogens with zero attached hydrogens (tertiary/aromatic N) is 4. The second-order valence-corrected chi connectivity index (χ2v) is 12.5. The minimum absolute atomic E-state index is 0.00503. The van der Waals surface area contributed by atoms with Crippen LogP contribution < -0.4 is 4.72 Å². The van der Waals surface area contributed by atoms with Gasteiger partial charge in [0.1, 0.15) is 16.3 Å². The van der Waals surface area contributed by atoms with Gasteiger partial charge in [0.15, 0.2) is 0 Å². The number of rotatable bonds is 11. The van der Waals surface area contributed by atoms with Gasteiger partial charge >= 0.3 is 0 Å². The highest BCUT2D eigenvalue weighted by atomic mass is 32.2. The molecule has 5 rings (SSSR count). The van der Waals surface area contributed by atoms with Crippen LogP contribution in [0.5, 0.6) is 0 Å². The largest absolute Gasteiger partial charge is 0.380 e. The number of hydrogen-bond donors (Lipinski definition) is 1.